The van der Waals surface area contributed by atoms with Gasteiger partial charge in [-0.05, 0) is 20.9 Å². The lowest BCUT2D eigenvalue weighted by Gasteiger charge is -2.36. The molecule has 92 valence electrons. The van der Waals surface area contributed by atoms with Crippen LogP contribution in [0, 0.1) is 5.92 Å². The standard InChI is InChI=1S/C12H22N2O2/c1-5-6-14-8-10(11(15)16)7-13(4)12(2,3)9-14/h5,10H,1,6-9H2,2-4H3,(H,15,16). The van der Waals surface area contributed by atoms with Gasteiger partial charge in [-0.2, -0.15) is 0 Å². The summed E-state index contributed by atoms with van der Waals surface area (Å²) in [5, 5.41) is 9.16. The van der Waals surface area contributed by atoms with Crippen molar-refractivity contribution in [2.75, 3.05) is 33.2 Å². The molecule has 0 aliphatic carbocycles. The summed E-state index contributed by atoms with van der Waals surface area (Å²) in [6.45, 7) is 10.9. The number of hydrogen-bond donors (Lipinski definition) is 1. The number of nitrogens with zero attached hydrogens (tertiary/aromatic N) is 2. The predicted molar refractivity (Wildman–Crippen MR) is 64.5 cm³/mol. The molecule has 0 aromatic carbocycles. The van der Waals surface area contributed by atoms with E-state index in [0.717, 1.165) is 13.1 Å². The first-order valence-corrected chi connectivity index (χ1v) is 5.64. The highest BCUT2D eigenvalue weighted by Gasteiger charge is 2.35. The van der Waals surface area contributed by atoms with Gasteiger partial charge in [0.2, 0.25) is 0 Å². The average Bonchev–Trinajstić information content (AvgIpc) is 2.25. The third kappa shape index (κ3) is 3.06. The molecule has 1 atom stereocenters. The van der Waals surface area contributed by atoms with E-state index in [9.17, 15) is 4.79 Å². The maximum absolute atomic E-state index is 11.1. The molecule has 1 N–H and O–H groups in total. The molecule has 1 rings (SSSR count). The summed E-state index contributed by atoms with van der Waals surface area (Å²) in [6.07, 6.45) is 1.83. The Morgan fingerprint density at radius 3 is 2.69 bits per heavy atom. The topological polar surface area (TPSA) is 43.8 Å². The van der Waals surface area contributed by atoms with Crippen molar-refractivity contribution in [3.05, 3.63) is 12.7 Å². The van der Waals surface area contributed by atoms with Crippen LogP contribution in [0.3, 0.4) is 0 Å². The van der Waals surface area contributed by atoms with Crippen molar-refractivity contribution in [3.8, 4) is 0 Å². The largest absolute Gasteiger partial charge is 0.481 e. The van der Waals surface area contributed by atoms with E-state index in [0.29, 0.717) is 13.1 Å². The Balaban J connectivity index is 2.83. The van der Waals surface area contributed by atoms with Crippen LogP contribution in [-0.4, -0.2) is 59.6 Å². The average molecular weight is 226 g/mol. The van der Waals surface area contributed by atoms with Crippen molar-refractivity contribution in [2.45, 2.75) is 19.4 Å². The number of likely N-dealkylation sites (N-methyl/N-ethyl adjacent to an activating group) is 1. The molecule has 1 fully saturated rings. The summed E-state index contributed by atoms with van der Waals surface area (Å²) in [5.74, 6) is -1.02. The maximum Gasteiger partial charge on any atom is 0.309 e. The molecular weight excluding hydrogens is 204 g/mol. The van der Waals surface area contributed by atoms with Gasteiger partial charge in [-0.1, -0.05) is 6.08 Å². The van der Waals surface area contributed by atoms with E-state index in [2.05, 4.69) is 30.2 Å². The zero-order chi connectivity index (χ0) is 12.3. The molecule has 4 nitrogen and oxygen atoms in total. The van der Waals surface area contributed by atoms with Gasteiger partial charge < -0.3 is 5.11 Å². The van der Waals surface area contributed by atoms with Crippen molar-refractivity contribution in [1.29, 1.82) is 0 Å². The first-order chi connectivity index (χ1) is 7.36. The number of carboxylic acids is 1. The fourth-order valence-corrected chi connectivity index (χ4v) is 2.16. The van der Waals surface area contributed by atoms with Gasteiger partial charge in [-0.15, -0.1) is 6.58 Å². The van der Waals surface area contributed by atoms with Gasteiger partial charge in [0.05, 0.1) is 5.92 Å². The van der Waals surface area contributed by atoms with Gasteiger partial charge in [-0.25, -0.2) is 0 Å². The fourth-order valence-electron chi connectivity index (χ4n) is 2.16. The number of carbonyl (C=O) groups is 1. The predicted octanol–water partition coefficient (Wildman–Crippen LogP) is 0.899. The third-order valence-corrected chi connectivity index (χ3v) is 3.35. The Hall–Kier alpha value is -0.870. The van der Waals surface area contributed by atoms with E-state index in [-0.39, 0.29) is 11.5 Å². The van der Waals surface area contributed by atoms with Crippen molar-refractivity contribution < 1.29 is 9.90 Å². The molecule has 4 heteroatoms. The number of aliphatic carboxylic acids is 1. The second-order valence-corrected chi connectivity index (χ2v) is 5.21. The van der Waals surface area contributed by atoms with Gasteiger partial charge in [0, 0.05) is 31.7 Å². The zero-order valence-electron chi connectivity index (χ0n) is 10.4. The third-order valence-electron chi connectivity index (χ3n) is 3.35. The summed E-state index contributed by atoms with van der Waals surface area (Å²) < 4.78 is 0. The highest BCUT2D eigenvalue weighted by atomic mass is 16.4. The zero-order valence-corrected chi connectivity index (χ0v) is 10.4. The summed E-state index contributed by atoms with van der Waals surface area (Å²) in [5.41, 5.74) is 0.00715. The molecule has 0 spiro atoms. The minimum absolute atomic E-state index is 0.00715. The number of rotatable bonds is 3. The monoisotopic (exact) mass is 226 g/mol. The van der Waals surface area contributed by atoms with Crippen LogP contribution in [0.25, 0.3) is 0 Å². The van der Waals surface area contributed by atoms with Crippen molar-refractivity contribution >= 4 is 5.97 Å². The molecular formula is C12H22N2O2. The minimum Gasteiger partial charge on any atom is -0.481 e. The Labute approximate surface area is 97.5 Å². The molecule has 1 saturated heterocycles. The normalized spacial score (nSPS) is 27.3. The molecule has 0 bridgehead atoms. The number of hydrogen-bond acceptors (Lipinski definition) is 3. The lowest BCUT2D eigenvalue weighted by atomic mass is 10.0. The SMILES string of the molecule is C=CCN1CC(C(=O)O)CN(C)C(C)(C)C1. The lowest BCUT2D eigenvalue weighted by Crippen LogP contribution is -2.47. The lowest BCUT2D eigenvalue weighted by molar-refractivity contribution is -0.142. The molecule has 0 aromatic heterocycles. The van der Waals surface area contributed by atoms with Crippen LogP contribution in [0.15, 0.2) is 12.7 Å². The van der Waals surface area contributed by atoms with E-state index in [1.165, 1.54) is 0 Å². The first kappa shape index (κ1) is 13.2. The van der Waals surface area contributed by atoms with Gasteiger partial charge in [0.1, 0.15) is 0 Å². The van der Waals surface area contributed by atoms with E-state index in [1.54, 1.807) is 0 Å². The second kappa shape index (κ2) is 4.97. The smallest absolute Gasteiger partial charge is 0.309 e. The summed E-state index contributed by atoms with van der Waals surface area (Å²) in [7, 11) is 1.99. The van der Waals surface area contributed by atoms with Gasteiger partial charge >= 0.3 is 5.97 Å². The Morgan fingerprint density at radius 2 is 2.19 bits per heavy atom. The van der Waals surface area contributed by atoms with Gasteiger partial charge in [-0.3, -0.25) is 14.6 Å². The molecule has 0 aromatic rings. The van der Waals surface area contributed by atoms with Crippen LogP contribution in [-0.2, 0) is 4.79 Å². The van der Waals surface area contributed by atoms with Crippen LogP contribution < -0.4 is 0 Å². The van der Waals surface area contributed by atoms with Crippen molar-refractivity contribution in [3.63, 3.8) is 0 Å². The van der Waals surface area contributed by atoms with Crippen LogP contribution in [0.1, 0.15) is 13.8 Å². The second-order valence-electron chi connectivity index (χ2n) is 5.21. The van der Waals surface area contributed by atoms with E-state index < -0.39 is 5.97 Å². The molecule has 0 amide bonds. The highest BCUT2D eigenvalue weighted by molar-refractivity contribution is 5.70. The quantitative estimate of drug-likeness (QED) is 0.726. The molecule has 1 aliphatic heterocycles. The summed E-state index contributed by atoms with van der Waals surface area (Å²) in [6, 6.07) is 0. The fraction of sp³-hybridized carbons (Fsp3) is 0.750. The minimum atomic E-state index is -0.710. The van der Waals surface area contributed by atoms with Crippen LogP contribution in [0.5, 0.6) is 0 Å². The van der Waals surface area contributed by atoms with Gasteiger partial charge in [0.25, 0.3) is 0 Å². The Kier molecular flexibility index (Phi) is 4.10. The van der Waals surface area contributed by atoms with Crippen LogP contribution >= 0.6 is 0 Å². The van der Waals surface area contributed by atoms with E-state index >= 15 is 0 Å². The number of carboxylic acid groups (broad SMARTS) is 1. The maximum atomic E-state index is 11.1. The molecule has 1 unspecified atom stereocenters. The molecule has 16 heavy (non-hydrogen) atoms. The van der Waals surface area contributed by atoms with Crippen molar-refractivity contribution in [1.82, 2.24) is 9.80 Å². The van der Waals surface area contributed by atoms with Crippen molar-refractivity contribution in [2.24, 2.45) is 5.92 Å². The summed E-state index contributed by atoms with van der Waals surface area (Å²) in [4.78, 5) is 15.4. The molecule has 1 heterocycles. The van der Waals surface area contributed by atoms with Crippen LogP contribution in [0.2, 0.25) is 0 Å². The van der Waals surface area contributed by atoms with E-state index in [4.69, 9.17) is 5.11 Å². The van der Waals surface area contributed by atoms with Gasteiger partial charge in [0.15, 0.2) is 0 Å². The summed E-state index contributed by atoms with van der Waals surface area (Å²) >= 11 is 0. The molecule has 0 radical (unpaired) electrons. The van der Waals surface area contributed by atoms with E-state index in [1.807, 2.05) is 13.1 Å². The Bertz CT molecular complexity index is 276. The first-order valence-electron chi connectivity index (χ1n) is 5.64. The highest BCUT2D eigenvalue weighted by Crippen LogP contribution is 2.21. The molecule has 1 aliphatic rings. The Morgan fingerprint density at radius 1 is 1.56 bits per heavy atom. The van der Waals surface area contributed by atoms with Crippen LogP contribution in [0.4, 0.5) is 0 Å². The molecule has 0 saturated carbocycles.